The molecule has 5 heteroatoms. The van der Waals surface area contributed by atoms with Crippen molar-refractivity contribution in [1.29, 1.82) is 0 Å². The Hall–Kier alpha value is -1.75. The van der Waals surface area contributed by atoms with Crippen LogP contribution in [0.3, 0.4) is 0 Å². The standard InChI is InChI=1S/C16H25NO4/c1-5-8-20-13-7-6-12(10-17-4)14(9-13)21-11-16(2,3)15(18)19/h6-7,9,17H,5,8,10-11H2,1-4H3,(H,18,19). The van der Waals surface area contributed by atoms with E-state index in [1.807, 2.05) is 32.2 Å². The summed E-state index contributed by atoms with van der Waals surface area (Å²) in [5.74, 6) is 0.517. The molecule has 0 heterocycles. The molecule has 0 bridgehead atoms. The number of hydrogen-bond donors (Lipinski definition) is 2. The maximum atomic E-state index is 11.1. The smallest absolute Gasteiger partial charge is 0.312 e. The van der Waals surface area contributed by atoms with Crippen LogP contribution in [0, 0.1) is 5.41 Å². The van der Waals surface area contributed by atoms with Crippen LogP contribution in [0.2, 0.25) is 0 Å². The van der Waals surface area contributed by atoms with Gasteiger partial charge in [-0.25, -0.2) is 0 Å². The van der Waals surface area contributed by atoms with Crippen LogP contribution in [0.1, 0.15) is 32.8 Å². The predicted molar refractivity (Wildman–Crippen MR) is 81.9 cm³/mol. The quantitative estimate of drug-likeness (QED) is 0.733. The molecule has 0 aromatic heterocycles. The summed E-state index contributed by atoms with van der Waals surface area (Å²) >= 11 is 0. The van der Waals surface area contributed by atoms with Crippen LogP contribution >= 0.6 is 0 Å². The Morgan fingerprint density at radius 2 is 2.05 bits per heavy atom. The van der Waals surface area contributed by atoms with E-state index < -0.39 is 11.4 Å². The van der Waals surface area contributed by atoms with Crippen molar-refractivity contribution >= 4 is 5.97 Å². The van der Waals surface area contributed by atoms with Gasteiger partial charge in [0.2, 0.25) is 0 Å². The first-order valence-corrected chi connectivity index (χ1v) is 7.17. The first-order valence-electron chi connectivity index (χ1n) is 7.17. The number of benzene rings is 1. The van der Waals surface area contributed by atoms with Crippen LogP contribution in [0.5, 0.6) is 11.5 Å². The van der Waals surface area contributed by atoms with Gasteiger partial charge in [0.1, 0.15) is 18.1 Å². The molecular formula is C16H25NO4. The number of carboxylic acid groups (broad SMARTS) is 1. The van der Waals surface area contributed by atoms with Crippen molar-refractivity contribution in [3.8, 4) is 11.5 Å². The lowest BCUT2D eigenvalue weighted by Gasteiger charge is -2.21. The van der Waals surface area contributed by atoms with Crippen molar-refractivity contribution in [3.63, 3.8) is 0 Å². The fourth-order valence-electron chi connectivity index (χ4n) is 1.64. The average Bonchev–Trinajstić information content (AvgIpc) is 2.44. The molecule has 0 spiro atoms. The Bertz CT molecular complexity index is 471. The summed E-state index contributed by atoms with van der Waals surface area (Å²) in [4.78, 5) is 11.1. The first kappa shape index (κ1) is 17.3. The molecule has 0 unspecified atom stereocenters. The molecule has 21 heavy (non-hydrogen) atoms. The zero-order valence-electron chi connectivity index (χ0n) is 13.2. The molecule has 0 aliphatic heterocycles. The van der Waals surface area contributed by atoms with Crippen LogP contribution in [0.4, 0.5) is 0 Å². The van der Waals surface area contributed by atoms with Crippen molar-refractivity contribution in [1.82, 2.24) is 5.32 Å². The van der Waals surface area contributed by atoms with E-state index in [9.17, 15) is 4.79 Å². The molecule has 5 nitrogen and oxygen atoms in total. The summed E-state index contributed by atoms with van der Waals surface area (Å²) in [6.45, 7) is 6.73. The normalized spacial score (nSPS) is 11.2. The van der Waals surface area contributed by atoms with Gasteiger partial charge in [-0.05, 0) is 33.4 Å². The molecule has 0 saturated heterocycles. The molecule has 0 atom stereocenters. The number of ether oxygens (including phenoxy) is 2. The van der Waals surface area contributed by atoms with Crippen LogP contribution in [-0.2, 0) is 11.3 Å². The molecule has 0 radical (unpaired) electrons. The van der Waals surface area contributed by atoms with E-state index in [1.165, 1.54) is 0 Å². The SMILES string of the molecule is CCCOc1ccc(CNC)c(OCC(C)(C)C(=O)O)c1. The Morgan fingerprint density at radius 3 is 2.62 bits per heavy atom. The summed E-state index contributed by atoms with van der Waals surface area (Å²) in [5.41, 5.74) is 0.0412. The lowest BCUT2D eigenvalue weighted by atomic mass is 9.95. The highest BCUT2D eigenvalue weighted by Crippen LogP contribution is 2.27. The zero-order chi connectivity index (χ0) is 15.9. The van der Waals surface area contributed by atoms with Crippen LogP contribution in [-0.4, -0.2) is 31.3 Å². The third-order valence-electron chi connectivity index (χ3n) is 3.05. The molecular weight excluding hydrogens is 270 g/mol. The van der Waals surface area contributed by atoms with Gasteiger partial charge in [-0.3, -0.25) is 4.79 Å². The minimum atomic E-state index is -0.933. The number of hydrogen-bond acceptors (Lipinski definition) is 4. The summed E-state index contributed by atoms with van der Waals surface area (Å²) in [6.07, 6.45) is 0.931. The Labute approximate surface area is 126 Å². The van der Waals surface area contributed by atoms with Gasteiger partial charge in [-0.2, -0.15) is 0 Å². The van der Waals surface area contributed by atoms with Gasteiger partial charge < -0.3 is 19.9 Å². The molecule has 1 rings (SSSR count). The molecule has 1 aromatic rings. The second kappa shape index (κ2) is 7.88. The number of carbonyl (C=O) groups is 1. The summed E-state index contributed by atoms with van der Waals surface area (Å²) in [6, 6.07) is 5.66. The largest absolute Gasteiger partial charge is 0.493 e. The third-order valence-corrected chi connectivity index (χ3v) is 3.05. The van der Waals surface area contributed by atoms with E-state index in [4.69, 9.17) is 14.6 Å². The minimum absolute atomic E-state index is 0.107. The Kier molecular flexibility index (Phi) is 6.49. The second-order valence-corrected chi connectivity index (χ2v) is 5.63. The van der Waals surface area contributed by atoms with Gasteiger partial charge in [0.15, 0.2) is 0 Å². The number of rotatable bonds is 9. The van der Waals surface area contributed by atoms with Crippen LogP contribution in [0.25, 0.3) is 0 Å². The average molecular weight is 295 g/mol. The van der Waals surface area contributed by atoms with Gasteiger partial charge in [-0.1, -0.05) is 13.0 Å². The third kappa shape index (κ3) is 5.27. The maximum Gasteiger partial charge on any atom is 0.312 e. The van der Waals surface area contributed by atoms with Crippen molar-refractivity contribution in [3.05, 3.63) is 23.8 Å². The van der Waals surface area contributed by atoms with Crippen LogP contribution < -0.4 is 14.8 Å². The van der Waals surface area contributed by atoms with Gasteiger partial charge in [0.05, 0.1) is 12.0 Å². The van der Waals surface area contributed by atoms with E-state index in [2.05, 4.69) is 5.32 Å². The van der Waals surface area contributed by atoms with Gasteiger partial charge in [0.25, 0.3) is 0 Å². The first-order chi connectivity index (χ1) is 9.90. The minimum Gasteiger partial charge on any atom is -0.493 e. The predicted octanol–water partition coefficient (Wildman–Crippen LogP) is 2.68. The summed E-state index contributed by atoms with van der Waals surface area (Å²) in [5, 5.41) is 12.2. The van der Waals surface area contributed by atoms with Crippen LogP contribution in [0.15, 0.2) is 18.2 Å². The highest BCUT2D eigenvalue weighted by molar-refractivity contribution is 5.73. The van der Waals surface area contributed by atoms with Crippen molar-refractivity contribution in [2.24, 2.45) is 5.41 Å². The zero-order valence-corrected chi connectivity index (χ0v) is 13.2. The van der Waals surface area contributed by atoms with E-state index in [0.717, 1.165) is 17.7 Å². The van der Waals surface area contributed by atoms with E-state index in [-0.39, 0.29) is 6.61 Å². The lowest BCUT2D eigenvalue weighted by molar-refractivity contribution is -0.148. The summed E-state index contributed by atoms with van der Waals surface area (Å²) in [7, 11) is 1.85. The fraction of sp³-hybridized carbons (Fsp3) is 0.562. The molecule has 0 aliphatic carbocycles. The topological polar surface area (TPSA) is 67.8 Å². The fourth-order valence-corrected chi connectivity index (χ4v) is 1.64. The van der Waals surface area contributed by atoms with Crippen molar-refractivity contribution in [2.45, 2.75) is 33.7 Å². The van der Waals surface area contributed by atoms with Crippen molar-refractivity contribution in [2.75, 3.05) is 20.3 Å². The maximum absolute atomic E-state index is 11.1. The molecule has 118 valence electrons. The summed E-state index contributed by atoms with van der Waals surface area (Å²) < 4.78 is 11.3. The number of carboxylic acids is 1. The highest BCUT2D eigenvalue weighted by Gasteiger charge is 2.28. The highest BCUT2D eigenvalue weighted by atomic mass is 16.5. The molecule has 1 aromatic carbocycles. The lowest BCUT2D eigenvalue weighted by Crippen LogP contribution is -2.31. The van der Waals surface area contributed by atoms with Gasteiger partial charge in [-0.15, -0.1) is 0 Å². The molecule has 0 fully saturated rings. The number of nitrogens with one attached hydrogen (secondary N) is 1. The van der Waals surface area contributed by atoms with E-state index in [1.54, 1.807) is 13.8 Å². The van der Waals surface area contributed by atoms with Gasteiger partial charge in [0, 0.05) is 18.2 Å². The van der Waals surface area contributed by atoms with Crippen molar-refractivity contribution < 1.29 is 19.4 Å². The molecule has 2 N–H and O–H groups in total. The Balaban J connectivity index is 2.87. The monoisotopic (exact) mass is 295 g/mol. The Morgan fingerprint density at radius 1 is 1.33 bits per heavy atom. The number of aliphatic carboxylic acids is 1. The molecule has 0 aliphatic rings. The van der Waals surface area contributed by atoms with E-state index in [0.29, 0.717) is 18.9 Å². The second-order valence-electron chi connectivity index (χ2n) is 5.63. The molecule has 0 saturated carbocycles. The van der Waals surface area contributed by atoms with E-state index >= 15 is 0 Å². The van der Waals surface area contributed by atoms with Gasteiger partial charge >= 0.3 is 5.97 Å². The molecule has 0 amide bonds.